The van der Waals surface area contributed by atoms with Crippen molar-refractivity contribution in [3.63, 3.8) is 0 Å². The van der Waals surface area contributed by atoms with Crippen molar-refractivity contribution in [2.45, 2.75) is 77.2 Å². The van der Waals surface area contributed by atoms with Crippen molar-refractivity contribution in [3.8, 4) is 17.2 Å². The second kappa shape index (κ2) is 11.7. The number of methoxy groups -OCH3 is 1. The van der Waals surface area contributed by atoms with Gasteiger partial charge in [0.1, 0.15) is 23.4 Å². The van der Waals surface area contributed by atoms with Gasteiger partial charge in [-0.25, -0.2) is 0 Å². The normalized spacial score (nSPS) is 15.4. The van der Waals surface area contributed by atoms with E-state index in [0.717, 1.165) is 43.1 Å². The number of hydrogen-bond donors (Lipinski definition) is 0. The highest BCUT2D eigenvalue weighted by Crippen LogP contribution is 2.37. The number of hydrogen-bond acceptors (Lipinski definition) is 3. The van der Waals surface area contributed by atoms with E-state index in [2.05, 4.69) is 31.2 Å². The van der Waals surface area contributed by atoms with Crippen LogP contribution in [0.15, 0.2) is 42.5 Å². The van der Waals surface area contributed by atoms with E-state index in [9.17, 15) is 0 Å². The van der Waals surface area contributed by atoms with Gasteiger partial charge in [-0.3, -0.25) is 0 Å². The first-order valence-electron chi connectivity index (χ1n) is 11.4. The highest BCUT2D eigenvalue weighted by atomic mass is 16.5. The molecule has 2 aromatic carbocycles. The van der Waals surface area contributed by atoms with E-state index < -0.39 is 0 Å². The Kier molecular flexibility index (Phi) is 8.73. The molecule has 3 rings (SSSR count). The lowest BCUT2D eigenvalue weighted by atomic mass is 9.97. The molecule has 0 saturated carbocycles. The van der Waals surface area contributed by atoms with E-state index in [1.165, 1.54) is 56.1 Å². The minimum Gasteiger partial charge on any atom is -0.497 e. The molecule has 1 heterocycles. The molecular weight excluding hydrogens is 360 g/mol. The Morgan fingerprint density at radius 2 is 1.55 bits per heavy atom. The van der Waals surface area contributed by atoms with Crippen molar-refractivity contribution in [2.75, 3.05) is 13.7 Å². The third-order valence-electron chi connectivity index (χ3n) is 5.73. The first kappa shape index (κ1) is 21.5. The van der Waals surface area contributed by atoms with Gasteiger partial charge in [0, 0.05) is 0 Å². The fourth-order valence-electron chi connectivity index (χ4n) is 3.93. The maximum atomic E-state index is 6.25. The second-order valence-corrected chi connectivity index (χ2v) is 8.01. The average molecular weight is 397 g/mol. The van der Waals surface area contributed by atoms with Crippen molar-refractivity contribution < 1.29 is 14.2 Å². The van der Waals surface area contributed by atoms with Gasteiger partial charge in [0.15, 0.2) is 0 Å². The molecule has 3 heteroatoms. The standard InChI is InChI=1S/C26H36O3/c1-3-4-5-6-7-8-9-10-19-28-24-16-18-26-22(20-24)13-17-25(29-26)21-11-14-23(27-2)15-12-21/h11-12,14-16,18,20,25H,3-10,13,17,19H2,1-2H3. The summed E-state index contributed by atoms with van der Waals surface area (Å²) in [6, 6.07) is 14.4. The van der Waals surface area contributed by atoms with Crippen molar-refractivity contribution in [3.05, 3.63) is 53.6 Å². The van der Waals surface area contributed by atoms with Crippen LogP contribution >= 0.6 is 0 Å². The number of fused-ring (bicyclic) bond motifs is 1. The van der Waals surface area contributed by atoms with Crippen LogP contribution in [0.4, 0.5) is 0 Å². The Bertz CT molecular complexity index is 723. The van der Waals surface area contributed by atoms with Crippen molar-refractivity contribution in [2.24, 2.45) is 0 Å². The van der Waals surface area contributed by atoms with E-state index in [1.807, 2.05) is 18.2 Å². The maximum absolute atomic E-state index is 6.25. The minimum absolute atomic E-state index is 0.109. The quantitative estimate of drug-likeness (QED) is 0.353. The monoisotopic (exact) mass is 396 g/mol. The van der Waals surface area contributed by atoms with E-state index in [1.54, 1.807) is 7.11 Å². The van der Waals surface area contributed by atoms with E-state index >= 15 is 0 Å². The largest absolute Gasteiger partial charge is 0.497 e. The van der Waals surface area contributed by atoms with Crippen molar-refractivity contribution in [1.29, 1.82) is 0 Å². The molecule has 3 nitrogen and oxygen atoms in total. The van der Waals surface area contributed by atoms with E-state index in [0.29, 0.717) is 0 Å². The van der Waals surface area contributed by atoms with Crippen LogP contribution in [0.25, 0.3) is 0 Å². The molecule has 0 N–H and O–H groups in total. The van der Waals surface area contributed by atoms with Crippen molar-refractivity contribution >= 4 is 0 Å². The lowest BCUT2D eigenvalue weighted by molar-refractivity contribution is 0.176. The third kappa shape index (κ3) is 6.69. The number of unbranched alkanes of at least 4 members (excludes halogenated alkanes) is 7. The molecule has 0 spiro atoms. The Balaban J connectivity index is 1.40. The van der Waals surface area contributed by atoms with Gasteiger partial charge in [-0.15, -0.1) is 0 Å². The lowest BCUT2D eigenvalue weighted by Gasteiger charge is -2.27. The lowest BCUT2D eigenvalue weighted by Crippen LogP contribution is -2.15. The molecule has 1 atom stereocenters. The third-order valence-corrected chi connectivity index (χ3v) is 5.73. The molecule has 0 bridgehead atoms. The summed E-state index contributed by atoms with van der Waals surface area (Å²) in [5.41, 5.74) is 2.45. The second-order valence-electron chi connectivity index (χ2n) is 8.01. The molecule has 0 fully saturated rings. The molecule has 0 aromatic heterocycles. The molecule has 0 radical (unpaired) electrons. The average Bonchev–Trinajstić information content (AvgIpc) is 2.77. The smallest absolute Gasteiger partial charge is 0.124 e. The maximum Gasteiger partial charge on any atom is 0.124 e. The zero-order chi connectivity index (χ0) is 20.3. The number of ether oxygens (including phenoxy) is 3. The van der Waals surface area contributed by atoms with Gasteiger partial charge in [0.25, 0.3) is 0 Å². The van der Waals surface area contributed by atoms with Crippen LogP contribution in [0.3, 0.4) is 0 Å². The van der Waals surface area contributed by atoms with Crippen molar-refractivity contribution in [1.82, 2.24) is 0 Å². The molecule has 1 aliphatic rings. The molecule has 0 aliphatic carbocycles. The summed E-state index contributed by atoms with van der Waals surface area (Å²) < 4.78 is 17.5. The Morgan fingerprint density at radius 3 is 2.28 bits per heavy atom. The van der Waals surface area contributed by atoms with Crippen LogP contribution in [0.5, 0.6) is 17.2 Å². The zero-order valence-electron chi connectivity index (χ0n) is 18.1. The van der Waals surface area contributed by atoms with Crippen LogP contribution in [-0.4, -0.2) is 13.7 Å². The summed E-state index contributed by atoms with van der Waals surface area (Å²) in [6.07, 6.45) is 12.7. The summed E-state index contributed by atoms with van der Waals surface area (Å²) >= 11 is 0. The number of rotatable bonds is 12. The molecule has 0 saturated heterocycles. The minimum atomic E-state index is 0.109. The van der Waals surface area contributed by atoms with E-state index in [-0.39, 0.29) is 6.10 Å². The molecule has 1 aliphatic heterocycles. The number of aryl methyl sites for hydroxylation is 1. The van der Waals surface area contributed by atoms with Gasteiger partial charge in [0.05, 0.1) is 13.7 Å². The predicted molar refractivity (Wildman–Crippen MR) is 119 cm³/mol. The Hall–Kier alpha value is -2.16. The molecule has 29 heavy (non-hydrogen) atoms. The molecule has 2 aromatic rings. The summed E-state index contributed by atoms with van der Waals surface area (Å²) in [6.45, 7) is 3.08. The van der Waals surface area contributed by atoms with Gasteiger partial charge in [-0.05, 0) is 60.7 Å². The highest BCUT2D eigenvalue weighted by Gasteiger charge is 2.21. The zero-order valence-corrected chi connectivity index (χ0v) is 18.1. The van der Waals surface area contributed by atoms with E-state index in [4.69, 9.17) is 14.2 Å². The molecular formula is C26H36O3. The Morgan fingerprint density at radius 1 is 0.862 bits per heavy atom. The molecule has 158 valence electrons. The topological polar surface area (TPSA) is 27.7 Å². The van der Waals surface area contributed by atoms with Gasteiger partial charge >= 0.3 is 0 Å². The van der Waals surface area contributed by atoms with Crippen LogP contribution in [-0.2, 0) is 6.42 Å². The Labute approximate surface area is 176 Å². The SMILES string of the molecule is CCCCCCCCCCOc1ccc2c(c1)CCC(c1ccc(OC)cc1)O2. The fraction of sp³-hybridized carbons (Fsp3) is 0.538. The summed E-state index contributed by atoms with van der Waals surface area (Å²) in [7, 11) is 1.69. The molecule has 1 unspecified atom stereocenters. The van der Waals surface area contributed by atoms with Crippen LogP contribution in [0.1, 0.15) is 81.9 Å². The predicted octanol–water partition coefficient (Wildman–Crippen LogP) is 7.28. The van der Waals surface area contributed by atoms with Gasteiger partial charge in [-0.1, -0.05) is 64.0 Å². The van der Waals surface area contributed by atoms with Gasteiger partial charge in [-0.2, -0.15) is 0 Å². The summed E-state index contributed by atoms with van der Waals surface area (Å²) in [5, 5.41) is 0. The number of benzene rings is 2. The summed E-state index contributed by atoms with van der Waals surface area (Å²) in [5.74, 6) is 2.83. The van der Waals surface area contributed by atoms with Gasteiger partial charge < -0.3 is 14.2 Å². The van der Waals surface area contributed by atoms with Crippen LogP contribution in [0, 0.1) is 0 Å². The first-order chi connectivity index (χ1) is 14.3. The van der Waals surface area contributed by atoms with Gasteiger partial charge in [0.2, 0.25) is 0 Å². The summed E-state index contributed by atoms with van der Waals surface area (Å²) in [4.78, 5) is 0. The highest BCUT2D eigenvalue weighted by molar-refractivity contribution is 5.42. The first-order valence-corrected chi connectivity index (χ1v) is 11.4. The van der Waals surface area contributed by atoms with Crippen LogP contribution < -0.4 is 14.2 Å². The fourth-order valence-corrected chi connectivity index (χ4v) is 3.93. The molecule has 0 amide bonds. The van der Waals surface area contributed by atoms with Crippen LogP contribution in [0.2, 0.25) is 0 Å².